The van der Waals surface area contributed by atoms with E-state index in [4.69, 9.17) is 23.5 Å². The van der Waals surface area contributed by atoms with Crippen LogP contribution in [0.2, 0.25) is 0 Å². The fraction of sp³-hybridized carbons (Fsp3) is 0.333. The second-order valence-electron chi connectivity index (χ2n) is 6.48. The Morgan fingerprint density at radius 1 is 0.862 bits per heavy atom. The Morgan fingerprint density at radius 2 is 1.52 bits per heavy atom. The number of ether oxygens (including phenoxy) is 4. The van der Waals surface area contributed by atoms with E-state index in [0.29, 0.717) is 34.5 Å². The summed E-state index contributed by atoms with van der Waals surface area (Å²) in [6.45, 7) is 3.30. The number of hydrogen-bond donors (Lipinski definition) is 0. The molecule has 1 fully saturated rings. The van der Waals surface area contributed by atoms with Crippen LogP contribution < -0.4 is 19.1 Å². The second-order valence-corrected chi connectivity index (χ2v) is 6.48. The van der Waals surface area contributed by atoms with E-state index in [9.17, 15) is 0 Å². The van der Waals surface area contributed by atoms with Crippen molar-refractivity contribution < 1.29 is 23.5 Å². The quantitative estimate of drug-likeness (QED) is 0.627. The summed E-state index contributed by atoms with van der Waals surface area (Å²) in [6.07, 6.45) is 0. The first-order chi connectivity index (χ1) is 14.2. The fourth-order valence-corrected chi connectivity index (χ4v) is 3.31. The van der Waals surface area contributed by atoms with E-state index in [0.717, 1.165) is 37.6 Å². The normalized spacial score (nSPS) is 14.0. The van der Waals surface area contributed by atoms with Crippen LogP contribution in [0.3, 0.4) is 0 Å². The molecule has 2 heterocycles. The molecule has 0 aliphatic carbocycles. The molecule has 0 spiro atoms. The van der Waals surface area contributed by atoms with Crippen LogP contribution in [0, 0.1) is 0 Å². The number of nitrogens with zero attached hydrogens (tertiary/aromatic N) is 3. The number of hydrogen-bond acceptors (Lipinski definition) is 8. The molecule has 3 aromatic rings. The van der Waals surface area contributed by atoms with E-state index in [2.05, 4.69) is 27.2 Å². The Morgan fingerprint density at radius 3 is 2.10 bits per heavy atom. The van der Waals surface area contributed by atoms with Gasteiger partial charge >= 0.3 is 0 Å². The molecule has 8 nitrogen and oxygen atoms in total. The van der Waals surface area contributed by atoms with Crippen molar-refractivity contribution in [1.82, 2.24) is 10.1 Å². The van der Waals surface area contributed by atoms with Gasteiger partial charge in [0, 0.05) is 29.9 Å². The summed E-state index contributed by atoms with van der Waals surface area (Å²) in [5, 5.41) is 4.13. The lowest BCUT2D eigenvalue weighted by atomic mass is 10.1. The SMILES string of the molecule is COc1cc(-c2nc(-c3ccc(N4CCOCC4)cc3)no2)cc(OC)c1OC. The van der Waals surface area contributed by atoms with Crippen molar-refractivity contribution in [2.45, 2.75) is 0 Å². The maximum atomic E-state index is 5.48. The van der Waals surface area contributed by atoms with Gasteiger partial charge in [-0.25, -0.2) is 0 Å². The molecule has 1 aliphatic rings. The molecule has 29 heavy (non-hydrogen) atoms. The molecular formula is C21H23N3O5. The topological polar surface area (TPSA) is 79.1 Å². The number of anilines is 1. The standard InChI is InChI=1S/C21H23N3O5/c1-25-17-12-15(13-18(26-2)19(17)27-3)21-22-20(23-29-21)14-4-6-16(7-5-14)24-8-10-28-11-9-24/h4-7,12-13H,8-11H2,1-3H3. The van der Waals surface area contributed by atoms with Gasteiger partial charge in [0.05, 0.1) is 34.5 Å². The number of morpholine rings is 1. The molecule has 0 amide bonds. The number of benzene rings is 2. The first-order valence-corrected chi connectivity index (χ1v) is 9.30. The summed E-state index contributed by atoms with van der Waals surface area (Å²) >= 11 is 0. The minimum Gasteiger partial charge on any atom is -0.493 e. The minimum absolute atomic E-state index is 0.372. The molecule has 0 saturated carbocycles. The highest BCUT2D eigenvalue weighted by Gasteiger charge is 2.18. The van der Waals surface area contributed by atoms with E-state index in [1.165, 1.54) is 0 Å². The van der Waals surface area contributed by atoms with Gasteiger partial charge in [0.15, 0.2) is 11.5 Å². The summed E-state index contributed by atoms with van der Waals surface area (Å²) in [6, 6.07) is 11.7. The largest absolute Gasteiger partial charge is 0.493 e. The van der Waals surface area contributed by atoms with Gasteiger partial charge in [-0.1, -0.05) is 5.16 Å². The molecule has 8 heteroatoms. The van der Waals surface area contributed by atoms with Gasteiger partial charge in [0.1, 0.15) is 0 Å². The molecular weight excluding hydrogens is 374 g/mol. The fourth-order valence-electron chi connectivity index (χ4n) is 3.31. The zero-order valence-corrected chi connectivity index (χ0v) is 16.7. The average Bonchev–Trinajstić information content (AvgIpc) is 3.29. The van der Waals surface area contributed by atoms with Gasteiger partial charge in [-0.15, -0.1) is 0 Å². The third-order valence-electron chi connectivity index (χ3n) is 4.84. The molecule has 1 aromatic heterocycles. The first kappa shape index (κ1) is 19.1. The van der Waals surface area contributed by atoms with Gasteiger partial charge < -0.3 is 28.4 Å². The maximum Gasteiger partial charge on any atom is 0.258 e. The van der Waals surface area contributed by atoms with Crippen LogP contribution in [-0.4, -0.2) is 57.8 Å². The molecule has 0 bridgehead atoms. The van der Waals surface area contributed by atoms with Crippen molar-refractivity contribution in [3.63, 3.8) is 0 Å². The van der Waals surface area contributed by atoms with E-state index in [1.807, 2.05) is 12.1 Å². The van der Waals surface area contributed by atoms with Gasteiger partial charge in [-0.2, -0.15) is 4.98 Å². The highest BCUT2D eigenvalue weighted by Crippen LogP contribution is 2.41. The third-order valence-corrected chi connectivity index (χ3v) is 4.84. The highest BCUT2D eigenvalue weighted by molar-refractivity contribution is 5.68. The Hall–Kier alpha value is -3.26. The number of rotatable bonds is 6. The molecule has 152 valence electrons. The molecule has 2 aromatic carbocycles. The van der Waals surface area contributed by atoms with Crippen LogP contribution >= 0.6 is 0 Å². The van der Waals surface area contributed by atoms with Gasteiger partial charge in [0.25, 0.3) is 5.89 Å². The van der Waals surface area contributed by atoms with Crippen LogP contribution in [0.15, 0.2) is 40.9 Å². The van der Waals surface area contributed by atoms with E-state index in [-0.39, 0.29) is 0 Å². The van der Waals surface area contributed by atoms with Crippen molar-refractivity contribution in [1.29, 1.82) is 0 Å². The van der Waals surface area contributed by atoms with Gasteiger partial charge in [-0.3, -0.25) is 0 Å². The molecule has 0 atom stereocenters. The summed E-state index contributed by atoms with van der Waals surface area (Å²) in [4.78, 5) is 6.83. The first-order valence-electron chi connectivity index (χ1n) is 9.30. The van der Waals surface area contributed by atoms with Crippen molar-refractivity contribution in [3.05, 3.63) is 36.4 Å². The smallest absolute Gasteiger partial charge is 0.258 e. The average molecular weight is 397 g/mol. The zero-order valence-electron chi connectivity index (χ0n) is 16.7. The lowest BCUT2D eigenvalue weighted by molar-refractivity contribution is 0.122. The van der Waals surface area contributed by atoms with E-state index >= 15 is 0 Å². The van der Waals surface area contributed by atoms with Crippen molar-refractivity contribution >= 4 is 5.69 Å². The predicted octanol–water partition coefficient (Wildman–Crippen LogP) is 3.27. The van der Waals surface area contributed by atoms with Crippen molar-refractivity contribution in [3.8, 4) is 40.1 Å². The van der Waals surface area contributed by atoms with Crippen LogP contribution in [0.25, 0.3) is 22.8 Å². The molecule has 0 radical (unpaired) electrons. The summed E-state index contributed by atoms with van der Waals surface area (Å²) < 4.78 is 27.0. The predicted molar refractivity (Wildman–Crippen MR) is 108 cm³/mol. The zero-order chi connectivity index (χ0) is 20.2. The van der Waals surface area contributed by atoms with E-state index in [1.54, 1.807) is 33.5 Å². The van der Waals surface area contributed by atoms with Crippen LogP contribution in [-0.2, 0) is 4.74 Å². The lowest BCUT2D eigenvalue weighted by Gasteiger charge is -2.28. The molecule has 0 N–H and O–H groups in total. The Kier molecular flexibility index (Phi) is 5.53. The Labute approximate surface area is 168 Å². The Bertz CT molecular complexity index is 940. The Balaban J connectivity index is 1.60. The number of aromatic nitrogens is 2. The maximum absolute atomic E-state index is 5.48. The van der Waals surface area contributed by atoms with Gasteiger partial charge in [0.2, 0.25) is 11.6 Å². The highest BCUT2D eigenvalue weighted by atomic mass is 16.5. The van der Waals surface area contributed by atoms with Crippen molar-refractivity contribution in [2.24, 2.45) is 0 Å². The van der Waals surface area contributed by atoms with E-state index < -0.39 is 0 Å². The lowest BCUT2D eigenvalue weighted by Crippen LogP contribution is -2.36. The van der Waals surface area contributed by atoms with Gasteiger partial charge in [-0.05, 0) is 36.4 Å². The summed E-state index contributed by atoms with van der Waals surface area (Å²) in [7, 11) is 4.69. The molecule has 1 aliphatic heterocycles. The molecule has 1 saturated heterocycles. The second kappa shape index (κ2) is 8.40. The third kappa shape index (κ3) is 3.84. The summed E-state index contributed by atoms with van der Waals surface area (Å²) in [5.41, 5.74) is 2.72. The number of methoxy groups -OCH3 is 3. The summed E-state index contributed by atoms with van der Waals surface area (Å²) in [5.74, 6) is 2.45. The molecule has 0 unspecified atom stereocenters. The van der Waals surface area contributed by atoms with Crippen LogP contribution in [0.5, 0.6) is 17.2 Å². The monoisotopic (exact) mass is 397 g/mol. The van der Waals surface area contributed by atoms with Crippen molar-refractivity contribution in [2.75, 3.05) is 52.5 Å². The molecule has 4 rings (SSSR count). The minimum atomic E-state index is 0.372. The van der Waals surface area contributed by atoms with Crippen LogP contribution in [0.1, 0.15) is 0 Å². The van der Waals surface area contributed by atoms with Crippen LogP contribution in [0.4, 0.5) is 5.69 Å².